The summed E-state index contributed by atoms with van der Waals surface area (Å²) >= 11 is 0. The monoisotopic (exact) mass is 245 g/mol. The molecule has 0 aliphatic rings. The molecule has 1 aromatic rings. The number of hydrogen-bond acceptors (Lipinski definition) is 1. The van der Waals surface area contributed by atoms with Crippen LogP contribution in [0.3, 0.4) is 0 Å². The normalized spacial score (nSPS) is 12.4. The smallest absolute Gasteiger partial charge is 0.0144 e. The standard InChI is InChI=1S/C17H27N/c1-6-9-18-17(10-13(2)3)12-16-8-7-14(4)15(5)11-16/h7-8,11,17-18H,2,6,9-10,12H2,1,3-5H3. The first-order valence-corrected chi connectivity index (χ1v) is 6.96. The second-order valence-corrected chi connectivity index (χ2v) is 5.44. The lowest BCUT2D eigenvalue weighted by atomic mass is 9.97. The average Bonchev–Trinajstić information content (AvgIpc) is 2.30. The van der Waals surface area contributed by atoms with Crippen LogP contribution in [0, 0.1) is 13.8 Å². The van der Waals surface area contributed by atoms with Crippen LogP contribution in [0.5, 0.6) is 0 Å². The molecule has 0 radical (unpaired) electrons. The topological polar surface area (TPSA) is 12.0 Å². The molecule has 0 aromatic heterocycles. The summed E-state index contributed by atoms with van der Waals surface area (Å²) in [6.07, 6.45) is 3.33. The van der Waals surface area contributed by atoms with Crippen LogP contribution in [0.4, 0.5) is 0 Å². The number of rotatable bonds is 7. The van der Waals surface area contributed by atoms with Crippen molar-refractivity contribution in [1.29, 1.82) is 0 Å². The van der Waals surface area contributed by atoms with E-state index in [-0.39, 0.29) is 0 Å². The number of aryl methyl sites for hydroxylation is 2. The lowest BCUT2D eigenvalue weighted by Crippen LogP contribution is -2.32. The number of benzene rings is 1. The minimum Gasteiger partial charge on any atom is -0.313 e. The lowest BCUT2D eigenvalue weighted by molar-refractivity contribution is 0.503. The molecule has 1 aromatic carbocycles. The fraction of sp³-hybridized carbons (Fsp3) is 0.529. The van der Waals surface area contributed by atoms with E-state index in [0.29, 0.717) is 6.04 Å². The van der Waals surface area contributed by atoms with Crippen LogP contribution in [-0.2, 0) is 6.42 Å². The summed E-state index contributed by atoms with van der Waals surface area (Å²) in [6.45, 7) is 13.8. The maximum Gasteiger partial charge on any atom is 0.0144 e. The number of hydrogen-bond donors (Lipinski definition) is 1. The molecule has 1 nitrogen and oxygen atoms in total. The molecule has 1 rings (SSSR count). The van der Waals surface area contributed by atoms with Crippen LogP contribution in [0.15, 0.2) is 30.4 Å². The molecule has 1 N–H and O–H groups in total. The van der Waals surface area contributed by atoms with Gasteiger partial charge in [-0.25, -0.2) is 0 Å². The molecule has 0 spiro atoms. The lowest BCUT2D eigenvalue weighted by Gasteiger charge is -2.19. The molecule has 0 amide bonds. The van der Waals surface area contributed by atoms with E-state index in [1.165, 1.54) is 28.7 Å². The fourth-order valence-electron chi connectivity index (χ4n) is 2.20. The van der Waals surface area contributed by atoms with Crippen molar-refractivity contribution in [3.8, 4) is 0 Å². The highest BCUT2D eigenvalue weighted by Crippen LogP contribution is 2.14. The fourth-order valence-corrected chi connectivity index (χ4v) is 2.20. The molecule has 1 unspecified atom stereocenters. The first-order valence-electron chi connectivity index (χ1n) is 6.96. The van der Waals surface area contributed by atoms with Gasteiger partial charge >= 0.3 is 0 Å². The third-order valence-corrected chi connectivity index (χ3v) is 3.33. The largest absolute Gasteiger partial charge is 0.313 e. The zero-order chi connectivity index (χ0) is 13.5. The quantitative estimate of drug-likeness (QED) is 0.711. The van der Waals surface area contributed by atoms with Crippen LogP contribution < -0.4 is 5.32 Å². The summed E-state index contributed by atoms with van der Waals surface area (Å²) in [5.41, 5.74) is 5.44. The van der Waals surface area contributed by atoms with E-state index in [4.69, 9.17) is 0 Å². The first kappa shape index (κ1) is 15.0. The summed E-state index contributed by atoms with van der Waals surface area (Å²) in [6, 6.07) is 7.31. The van der Waals surface area contributed by atoms with Crippen molar-refractivity contribution in [3.63, 3.8) is 0 Å². The van der Waals surface area contributed by atoms with Crippen LogP contribution in [0.1, 0.15) is 43.4 Å². The Bertz CT molecular complexity index is 393. The van der Waals surface area contributed by atoms with Gasteiger partial charge in [0.15, 0.2) is 0 Å². The third kappa shape index (κ3) is 5.05. The van der Waals surface area contributed by atoms with Crippen molar-refractivity contribution in [2.24, 2.45) is 0 Å². The van der Waals surface area contributed by atoms with E-state index in [1.807, 2.05) is 0 Å². The summed E-state index contributed by atoms with van der Waals surface area (Å²) < 4.78 is 0. The molecule has 0 saturated carbocycles. The van der Waals surface area contributed by atoms with Crippen molar-refractivity contribution in [2.75, 3.05) is 6.54 Å². The molecule has 18 heavy (non-hydrogen) atoms. The van der Waals surface area contributed by atoms with Gasteiger partial charge in [0, 0.05) is 6.04 Å². The van der Waals surface area contributed by atoms with Crippen molar-refractivity contribution < 1.29 is 0 Å². The Morgan fingerprint density at radius 1 is 1.28 bits per heavy atom. The van der Waals surface area contributed by atoms with E-state index in [0.717, 1.165) is 19.4 Å². The molecular weight excluding hydrogens is 218 g/mol. The van der Waals surface area contributed by atoms with E-state index in [1.54, 1.807) is 0 Å². The maximum absolute atomic E-state index is 4.04. The Balaban J connectivity index is 2.68. The van der Waals surface area contributed by atoms with E-state index >= 15 is 0 Å². The number of nitrogens with one attached hydrogen (secondary N) is 1. The Kier molecular flexibility index (Phi) is 6.14. The Morgan fingerprint density at radius 3 is 2.56 bits per heavy atom. The molecule has 0 heterocycles. The van der Waals surface area contributed by atoms with Crippen LogP contribution in [0.2, 0.25) is 0 Å². The molecule has 0 bridgehead atoms. The molecule has 1 heteroatoms. The Hall–Kier alpha value is -1.08. The van der Waals surface area contributed by atoms with Gasteiger partial charge in [-0.3, -0.25) is 0 Å². The Labute approximate surface area is 112 Å². The summed E-state index contributed by atoms with van der Waals surface area (Å²) in [7, 11) is 0. The highest BCUT2D eigenvalue weighted by molar-refractivity contribution is 5.30. The molecule has 0 aliphatic carbocycles. The highest BCUT2D eigenvalue weighted by atomic mass is 14.9. The second kappa shape index (κ2) is 7.38. The molecule has 0 aliphatic heterocycles. The van der Waals surface area contributed by atoms with E-state index in [9.17, 15) is 0 Å². The van der Waals surface area contributed by atoms with Gasteiger partial charge < -0.3 is 5.32 Å². The van der Waals surface area contributed by atoms with Gasteiger partial charge in [0.05, 0.1) is 0 Å². The van der Waals surface area contributed by atoms with Crippen molar-refractivity contribution >= 4 is 0 Å². The van der Waals surface area contributed by atoms with Gasteiger partial charge in [-0.05, 0) is 63.3 Å². The molecule has 100 valence electrons. The molecular formula is C17H27N. The van der Waals surface area contributed by atoms with Gasteiger partial charge in [0.2, 0.25) is 0 Å². The SMILES string of the molecule is C=C(C)CC(Cc1ccc(C)c(C)c1)NCCC. The van der Waals surface area contributed by atoms with Gasteiger partial charge in [-0.1, -0.05) is 30.7 Å². The second-order valence-electron chi connectivity index (χ2n) is 5.44. The van der Waals surface area contributed by atoms with E-state index < -0.39 is 0 Å². The predicted octanol–water partition coefficient (Wildman–Crippen LogP) is 4.18. The highest BCUT2D eigenvalue weighted by Gasteiger charge is 2.09. The molecule has 0 fully saturated rings. The Morgan fingerprint density at radius 2 is 2.00 bits per heavy atom. The maximum atomic E-state index is 4.04. The van der Waals surface area contributed by atoms with Gasteiger partial charge in [0.1, 0.15) is 0 Å². The average molecular weight is 245 g/mol. The zero-order valence-corrected chi connectivity index (χ0v) is 12.3. The van der Waals surface area contributed by atoms with Gasteiger partial charge in [0.25, 0.3) is 0 Å². The van der Waals surface area contributed by atoms with Gasteiger partial charge in [-0.15, -0.1) is 6.58 Å². The first-order chi connectivity index (χ1) is 8.52. The van der Waals surface area contributed by atoms with E-state index in [2.05, 4.69) is 57.8 Å². The van der Waals surface area contributed by atoms with Crippen molar-refractivity contribution in [3.05, 3.63) is 47.0 Å². The minimum atomic E-state index is 0.518. The summed E-state index contributed by atoms with van der Waals surface area (Å²) in [5, 5.41) is 3.62. The predicted molar refractivity (Wildman–Crippen MR) is 81.1 cm³/mol. The van der Waals surface area contributed by atoms with Crippen LogP contribution >= 0.6 is 0 Å². The third-order valence-electron chi connectivity index (χ3n) is 3.33. The van der Waals surface area contributed by atoms with Crippen molar-refractivity contribution in [1.82, 2.24) is 5.32 Å². The van der Waals surface area contributed by atoms with Crippen molar-refractivity contribution in [2.45, 2.75) is 53.0 Å². The van der Waals surface area contributed by atoms with Crippen LogP contribution in [0.25, 0.3) is 0 Å². The summed E-state index contributed by atoms with van der Waals surface area (Å²) in [4.78, 5) is 0. The van der Waals surface area contributed by atoms with Crippen LogP contribution in [-0.4, -0.2) is 12.6 Å². The minimum absolute atomic E-state index is 0.518. The summed E-state index contributed by atoms with van der Waals surface area (Å²) in [5.74, 6) is 0. The zero-order valence-electron chi connectivity index (χ0n) is 12.3. The van der Waals surface area contributed by atoms with Gasteiger partial charge in [-0.2, -0.15) is 0 Å². The molecule has 0 saturated heterocycles. The molecule has 1 atom stereocenters.